The van der Waals surface area contributed by atoms with Crippen LogP contribution in [0.5, 0.6) is 0 Å². The maximum absolute atomic E-state index is 10.8. The summed E-state index contributed by atoms with van der Waals surface area (Å²) >= 11 is 3.19. The van der Waals surface area contributed by atoms with Gasteiger partial charge in [-0.05, 0) is 6.08 Å². The first-order valence-corrected chi connectivity index (χ1v) is 5.68. The summed E-state index contributed by atoms with van der Waals surface area (Å²) < 4.78 is 19.8. The lowest BCUT2D eigenvalue weighted by atomic mass is 10.4. The van der Waals surface area contributed by atoms with Crippen LogP contribution in [-0.2, 0) is 13.6 Å². The van der Waals surface area contributed by atoms with E-state index in [-0.39, 0.29) is 6.61 Å². The number of hydrogen-bond donors (Lipinski definition) is 1. The van der Waals surface area contributed by atoms with Crippen molar-refractivity contribution in [3.05, 3.63) is 11.8 Å². The van der Waals surface area contributed by atoms with Crippen LogP contribution < -0.4 is 0 Å². The Morgan fingerprint density at radius 1 is 1.82 bits per heavy atom. The zero-order valence-electron chi connectivity index (χ0n) is 5.70. The summed E-state index contributed by atoms with van der Waals surface area (Å²) in [5, 5.41) is 0.707. The van der Waals surface area contributed by atoms with Gasteiger partial charge in [-0.25, -0.2) is 4.57 Å². The molecule has 0 aromatic carbocycles. The van der Waals surface area contributed by atoms with Crippen LogP contribution >= 0.6 is 23.8 Å². The Kier molecular flexibility index (Phi) is 3.13. The molecule has 0 spiro atoms. The van der Waals surface area contributed by atoms with Crippen LogP contribution in [0.4, 0.5) is 0 Å². The van der Waals surface area contributed by atoms with Crippen molar-refractivity contribution >= 4 is 23.8 Å². The largest absolute Gasteiger partial charge is 0.527 e. The van der Waals surface area contributed by atoms with E-state index in [0.717, 1.165) is 0 Å². The predicted octanol–water partition coefficient (Wildman–Crippen LogP) is 1.80. The molecule has 4 nitrogen and oxygen atoms in total. The van der Waals surface area contributed by atoms with E-state index in [4.69, 9.17) is 4.89 Å². The normalized spacial score (nSPS) is 30.9. The molecule has 11 heavy (non-hydrogen) atoms. The molecule has 1 heterocycles. The van der Waals surface area contributed by atoms with Gasteiger partial charge in [0.1, 0.15) is 5.76 Å². The molecule has 64 valence electrons. The van der Waals surface area contributed by atoms with Crippen LogP contribution in [0.3, 0.4) is 0 Å². The monoisotopic (exact) mass is 242 g/mol. The van der Waals surface area contributed by atoms with E-state index in [1.807, 2.05) is 0 Å². The third-order valence-electron chi connectivity index (χ3n) is 1.12. The highest BCUT2D eigenvalue weighted by Crippen LogP contribution is 2.48. The van der Waals surface area contributed by atoms with Crippen molar-refractivity contribution < 1.29 is 18.5 Å². The Bertz CT molecular complexity index is 215. The van der Waals surface area contributed by atoms with Crippen molar-refractivity contribution in [2.45, 2.75) is 6.42 Å². The Morgan fingerprint density at radius 2 is 2.55 bits per heavy atom. The van der Waals surface area contributed by atoms with Crippen molar-refractivity contribution in [3.8, 4) is 0 Å². The number of allylic oxidation sites excluding steroid dienone is 1. The maximum atomic E-state index is 10.8. The summed E-state index contributed by atoms with van der Waals surface area (Å²) in [6.07, 6.45) is 2.25. The molecule has 1 aliphatic rings. The lowest BCUT2D eigenvalue weighted by Crippen LogP contribution is -2.03. The molecular weight excluding hydrogens is 235 g/mol. The summed E-state index contributed by atoms with van der Waals surface area (Å²) in [7, 11) is -3.76. The molecule has 0 fully saturated rings. The van der Waals surface area contributed by atoms with E-state index in [1.54, 1.807) is 6.08 Å². The third-order valence-corrected chi connectivity index (χ3v) is 2.46. The molecule has 1 N–H and O–H groups in total. The van der Waals surface area contributed by atoms with Crippen LogP contribution in [0.2, 0.25) is 0 Å². The van der Waals surface area contributed by atoms with Crippen LogP contribution in [0.1, 0.15) is 6.42 Å². The van der Waals surface area contributed by atoms with Gasteiger partial charge in [0.2, 0.25) is 0 Å². The van der Waals surface area contributed by atoms with E-state index in [1.165, 1.54) is 0 Å². The highest BCUT2D eigenvalue weighted by Gasteiger charge is 2.26. The SMILES string of the molecule is O=P1(O)OCC=C(CCBr)O1. The molecule has 0 aromatic heterocycles. The zero-order chi connectivity index (χ0) is 8.32. The Hall–Kier alpha value is 0.170. The average molecular weight is 243 g/mol. The molecule has 6 heteroatoms. The minimum Gasteiger partial charge on any atom is -0.409 e. The van der Waals surface area contributed by atoms with Crippen molar-refractivity contribution in [1.82, 2.24) is 0 Å². The van der Waals surface area contributed by atoms with E-state index in [0.29, 0.717) is 17.5 Å². The Morgan fingerprint density at radius 3 is 3.09 bits per heavy atom. The molecule has 0 saturated heterocycles. The van der Waals surface area contributed by atoms with E-state index < -0.39 is 7.82 Å². The van der Waals surface area contributed by atoms with Gasteiger partial charge in [-0.1, -0.05) is 15.9 Å². The van der Waals surface area contributed by atoms with Crippen LogP contribution in [0.15, 0.2) is 11.8 Å². The van der Waals surface area contributed by atoms with Crippen LogP contribution in [0.25, 0.3) is 0 Å². The van der Waals surface area contributed by atoms with Gasteiger partial charge < -0.3 is 4.52 Å². The molecule has 1 unspecified atom stereocenters. The van der Waals surface area contributed by atoms with Gasteiger partial charge in [0, 0.05) is 11.8 Å². The number of alkyl halides is 1. The van der Waals surface area contributed by atoms with E-state index in [9.17, 15) is 4.57 Å². The number of phosphoric ester groups is 1. The number of hydrogen-bond acceptors (Lipinski definition) is 3. The highest BCUT2D eigenvalue weighted by atomic mass is 79.9. The zero-order valence-corrected chi connectivity index (χ0v) is 8.18. The molecule has 0 aliphatic carbocycles. The molecule has 0 saturated carbocycles. The lowest BCUT2D eigenvalue weighted by Gasteiger charge is -2.18. The second kappa shape index (κ2) is 3.72. The molecule has 0 radical (unpaired) electrons. The predicted molar refractivity (Wildman–Crippen MR) is 43.4 cm³/mol. The van der Waals surface area contributed by atoms with Crippen molar-refractivity contribution in [2.75, 3.05) is 11.9 Å². The fraction of sp³-hybridized carbons (Fsp3) is 0.600. The van der Waals surface area contributed by atoms with Crippen molar-refractivity contribution in [2.24, 2.45) is 0 Å². The maximum Gasteiger partial charge on any atom is 0.527 e. The molecular formula is C5H8BrO4P. The summed E-state index contributed by atoms with van der Waals surface area (Å²) in [5.74, 6) is 0.513. The fourth-order valence-electron chi connectivity index (χ4n) is 0.677. The second-order valence-corrected chi connectivity index (χ2v) is 4.14. The molecule has 1 aliphatic heterocycles. The van der Waals surface area contributed by atoms with Gasteiger partial charge in [-0.2, -0.15) is 0 Å². The Labute approximate surface area is 72.9 Å². The summed E-state index contributed by atoms with van der Waals surface area (Å²) in [4.78, 5) is 8.83. The second-order valence-electron chi connectivity index (χ2n) is 1.97. The van der Waals surface area contributed by atoms with Crippen LogP contribution in [-0.4, -0.2) is 16.8 Å². The first-order valence-electron chi connectivity index (χ1n) is 3.06. The quantitative estimate of drug-likeness (QED) is 0.593. The molecule has 0 aromatic rings. The van der Waals surface area contributed by atoms with Crippen molar-refractivity contribution in [1.29, 1.82) is 0 Å². The topological polar surface area (TPSA) is 55.8 Å². The van der Waals surface area contributed by atoms with Gasteiger partial charge in [0.15, 0.2) is 0 Å². The highest BCUT2D eigenvalue weighted by molar-refractivity contribution is 9.09. The van der Waals surface area contributed by atoms with Gasteiger partial charge in [-0.15, -0.1) is 0 Å². The molecule has 1 rings (SSSR count). The standard InChI is InChI=1S/C5H8BrO4P/c6-3-1-5-2-4-9-11(7,8)10-5/h2H,1,3-4H2,(H,7,8). The van der Waals surface area contributed by atoms with Gasteiger partial charge in [-0.3, -0.25) is 9.42 Å². The van der Waals surface area contributed by atoms with Crippen molar-refractivity contribution in [3.63, 3.8) is 0 Å². The summed E-state index contributed by atoms with van der Waals surface area (Å²) in [6, 6.07) is 0. The Balaban J connectivity index is 2.56. The number of rotatable bonds is 2. The number of halogens is 1. The smallest absolute Gasteiger partial charge is 0.409 e. The minimum atomic E-state index is -3.76. The minimum absolute atomic E-state index is 0.149. The summed E-state index contributed by atoms with van der Waals surface area (Å²) in [6.45, 7) is 0.149. The van der Waals surface area contributed by atoms with Crippen LogP contribution in [0, 0.1) is 0 Å². The third kappa shape index (κ3) is 2.95. The number of phosphoric acid groups is 1. The summed E-state index contributed by atoms with van der Waals surface area (Å²) in [5.41, 5.74) is 0. The average Bonchev–Trinajstić information content (AvgIpc) is 1.85. The molecule has 1 atom stereocenters. The van der Waals surface area contributed by atoms with E-state index >= 15 is 0 Å². The lowest BCUT2D eigenvalue weighted by molar-refractivity contribution is 0.172. The van der Waals surface area contributed by atoms with Gasteiger partial charge >= 0.3 is 7.82 Å². The first-order chi connectivity index (χ1) is 5.14. The fourth-order valence-corrected chi connectivity index (χ4v) is 1.85. The molecule has 0 amide bonds. The van der Waals surface area contributed by atoms with Gasteiger partial charge in [0.05, 0.1) is 6.61 Å². The van der Waals surface area contributed by atoms with E-state index in [2.05, 4.69) is 25.0 Å². The first kappa shape index (κ1) is 9.26. The van der Waals surface area contributed by atoms with Gasteiger partial charge in [0.25, 0.3) is 0 Å². The molecule has 0 bridgehead atoms.